The third-order valence-corrected chi connectivity index (χ3v) is 7.65. The van der Waals surface area contributed by atoms with E-state index in [2.05, 4.69) is 107 Å². The lowest BCUT2D eigenvalue weighted by Crippen LogP contribution is -2.30. The van der Waals surface area contributed by atoms with Gasteiger partial charge in [-0.15, -0.1) is 0 Å². The Hall–Kier alpha value is -5.55. The second kappa shape index (κ2) is 9.57. The van der Waals surface area contributed by atoms with Gasteiger partial charge in [0.05, 0.1) is 34.0 Å². The van der Waals surface area contributed by atoms with Gasteiger partial charge in [-0.25, -0.2) is 15.0 Å². The molecule has 5 nitrogen and oxygen atoms in total. The van der Waals surface area contributed by atoms with Crippen LogP contribution in [0.3, 0.4) is 0 Å². The first-order valence-electron chi connectivity index (χ1n) is 13.8. The van der Waals surface area contributed by atoms with Crippen molar-refractivity contribution in [1.29, 1.82) is 0 Å². The minimum Gasteiger partial charge on any atom is -0.359 e. The molecule has 0 fully saturated rings. The van der Waals surface area contributed by atoms with Crippen LogP contribution in [-0.4, -0.2) is 21.1 Å². The first-order chi connectivity index (χ1) is 20.3. The van der Waals surface area contributed by atoms with Gasteiger partial charge in [-0.1, -0.05) is 109 Å². The minimum atomic E-state index is 0.0752. The molecular formula is C36H25N5. The van der Waals surface area contributed by atoms with Gasteiger partial charge in [-0.2, -0.15) is 0 Å². The van der Waals surface area contributed by atoms with Crippen molar-refractivity contribution in [3.63, 3.8) is 0 Å². The van der Waals surface area contributed by atoms with E-state index in [9.17, 15) is 0 Å². The van der Waals surface area contributed by atoms with Gasteiger partial charge in [0.2, 0.25) is 0 Å². The molecule has 0 aliphatic carbocycles. The number of hydrogen-bond acceptors (Lipinski definition) is 5. The molecule has 1 atom stereocenters. The smallest absolute Gasteiger partial charge is 0.160 e. The SMILES string of the molecule is C1=CC2Nc3c(c(-c4ccc(-c5nc(-c6ccccc6)cc(-c6ccccc6)n5)cc4)nc4ccccc34)N2C=C1. The summed E-state index contributed by atoms with van der Waals surface area (Å²) in [5, 5.41) is 4.82. The fraction of sp³-hybridized carbons (Fsp3) is 0.0278. The van der Waals surface area contributed by atoms with Gasteiger partial charge in [0, 0.05) is 33.8 Å². The van der Waals surface area contributed by atoms with E-state index in [4.69, 9.17) is 15.0 Å². The highest BCUT2D eigenvalue weighted by Crippen LogP contribution is 2.46. The maximum absolute atomic E-state index is 5.15. The number of para-hydroxylation sites is 1. The Morgan fingerprint density at radius 3 is 1.93 bits per heavy atom. The number of rotatable bonds is 4. The van der Waals surface area contributed by atoms with Gasteiger partial charge in [-0.05, 0) is 24.3 Å². The maximum atomic E-state index is 5.15. The summed E-state index contributed by atoms with van der Waals surface area (Å²) >= 11 is 0. The molecule has 5 heteroatoms. The third-order valence-electron chi connectivity index (χ3n) is 7.65. The quantitative estimate of drug-likeness (QED) is 0.250. The summed E-state index contributed by atoms with van der Waals surface area (Å²) in [7, 11) is 0. The number of pyridine rings is 1. The maximum Gasteiger partial charge on any atom is 0.160 e. The summed E-state index contributed by atoms with van der Waals surface area (Å²) in [6, 6.07) is 39.4. The molecule has 0 amide bonds. The molecule has 0 bridgehead atoms. The zero-order valence-corrected chi connectivity index (χ0v) is 22.1. The number of nitrogens with one attached hydrogen (secondary N) is 1. The Kier molecular flexibility index (Phi) is 5.45. The molecule has 1 unspecified atom stereocenters. The van der Waals surface area contributed by atoms with Crippen LogP contribution in [0.5, 0.6) is 0 Å². The van der Waals surface area contributed by atoms with E-state index in [1.54, 1.807) is 0 Å². The van der Waals surface area contributed by atoms with Crippen molar-refractivity contribution in [2.45, 2.75) is 6.17 Å². The average molecular weight is 528 g/mol. The highest BCUT2D eigenvalue weighted by atomic mass is 15.3. The average Bonchev–Trinajstić information content (AvgIpc) is 3.45. The van der Waals surface area contributed by atoms with Crippen LogP contribution in [0.2, 0.25) is 0 Å². The van der Waals surface area contributed by atoms with Crippen molar-refractivity contribution >= 4 is 22.3 Å². The largest absolute Gasteiger partial charge is 0.359 e. The molecule has 4 aromatic carbocycles. The van der Waals surface area contributed by atoms with Gasteiger partial charge >= 0.3 is 0 Å². The number of aromatic nitrogens is 3. The molecule has 1 N–H and O–H groups in total. The highest BCUT2D eigenvalue weighted by molar-refractivity contribution is 6.06. The fourth-order valence-corrected chi connectivity index (χ4v) is 5.64. The predicted molar refractivity (Wildman–Crippen MR) is 167 cm³/mol. The van der Waals surface area contributed by atoms with E-state index in [-0.39, 0.29) is 6.17 Å². The van der Waals surface area contributed by atoms with Crippen LogP contribution >= 0.6 is 0 Å². The molecule has 41 heavy (non-hydrogen) atoms. The molecule has 4 heterocycles. The van der Waals surface area contributed by atoms with Crippen LogP contribution < -0.4 is 10.2 Å². The van der Waals surface area contributed by atoms with Crippen molar-refractivity contribution in [2.24, 2.45) is 0 Å². The Morgan fingerprint density at radius 1 is 0.585 bits per heavy atom. The molecular weight excluding hydrogens is 502 g/mol. The zero-order valence-electron chi connectivity index (χ0n) is 22.1. The number of benzene rings is 4. The molecule has 8 rings (SSSR count). The number of nitrogens with zero attached hydrogens (tertiary/aromatic N) is 4. The molecule has 0 saturated carbocycles. The normalized spacial score (nSPS) is 15.0. The Bertz CT molecular complexity index is 1900. The summed E-state index contributed by atoms with van der Waals surface area (Å²) in [6.45, 7) is 0. The van der Waals surface area contributed by atoms with Crippen LogP contribution in [0, 0.1) is 0 Å². The van der Waals surface area contributed by atoms with E-state index in [0.29, 0.717) is 5.82 Å². The van der Waals surface area contributed by atoms with E-state index in [0.717, 1.165) is 61.6 Å². The topological polar surface area (TPSA) is 53.9 Å². The standard InChI is InChI=1S/C36H25N5/c1-3-11-24(12-4-1)30-23-31(25-13-5-2-6-14-25)39-36(38-30)27-20-18-26(19-21-27)33-35-34(28-15-7-8-16-29(28)37-33)40-32-17-9-10-22-41(32)35/h1-23,32,40H. The van der Waals surface area contributed by atoms with E-state index >= 15 is 0 Å². The summed E-state index contributed by atoms with van der Waals surface area (Å²) in [4.78, 5) is 17.4. The summed E-state index contributed by atoms with van der Waals surface area (Å²) < 4.78 is 0. The number of anilines is 2. The number of allylic oxidation sites excluding steroid dienone is 2. The van der Waals surface area contributed by atoms with Crippen molar-refractivity contribution in [3.05, 3.63) is 140 Å². The Morgan fingerprint density at radius 2 is 1.22 bits per heavy atom. The van der Waals surface area contributed by atoms with Gasteiger partial charge in [0.1, 0.15) is 6.17 Å². The van der Waals surface area contributed by atoms with Crippen LogP contribution in [0.15, 0.2) is 140 Å². The fourth-order valence-electron chi connectivity index (χ4n) is 5.64. The molecule has 194 valence electrons. The van der Waals surface area contributed by atoms with Gasteiger partial charge in [0.25, 0.3) is 0 Å². The van der Waals surface area contributed by atoms with Crippen LogP contribution in [0.25, 0.3) is 56.1 Å². The molecule has 0 radical (unpaired) electrons. The van der Waals surface area contributed by atoms with Gasteiger partial charge in [0.15, 0.2) is 5.82 Å². The Labute approximate surface area is 238 Å². The zero-order chi connectivity index (χ0) is 27.2. The molecule has 2 aliphatic heterocycles. The summed E-state index contributed by atoms with van der Waals surface area (Å²) in [6.07, 6.45) is 8.51. The predicted octanol–water partition coefficient (Wildman–Crippen LogP) is 8.33. The summed E-state index contributed by atoms with van der Waals surface area (Å²) in [5.41, 5.74) is 10.0. The van der Waals surface area contributed by atoms with Gasteiger partial charge < -0.3 is 10.2 Å². The van der Waals surface area contributed by atoms with E-state index in [1.807, 2.05) is 42.5 Å². The number of fused-ring (bicyclic) bond motifs is 5. The van der Waals surface area contributed by atoms with Crippen LogP contribution in [-0.2, 0) is 0 Å². The second-order valence-corrected chi connectivity index (χ2v) is 10.2. The van der Waals surface area contributed by atoms with Crippen molar-refractivity contribution in [2.75, 3.05) is 10.2 Å². The number of hydrogen-bond donors (Lipinski definition) is 1. The third kappa shape index (κ3) is 4.07. The molecule has 2 aliphatic rings. The second-order valence-electron chi connectivity index (χ2n) is 10.2. The molecule has 0 saturated heterocycles. The Balaban J connectivity index is 1.25. The van der Waals surface area contributed by atoms with E-state index < -0.39 is 0 Å². The molecule has 6 aromatic rings. The van der Waals surface area contributed by atoms with Crippen LogP contribution in [0.1, 0.15) is 0 Å². The van der Waals surface area contributed by atoms with Crippen molar-refractivity contribution < 1.29 is 0 Å². The van der Waals surface area contributed by atoms with Crippen LogP contribution in [0.4, 0.5) is 11.4 Å². The minimum absolute atomic E-state index is 0.0752. The van der Waals surface area contributed by atoms with E-state index in [1.165, 1.54) is 0 Å². The molecule has 0 spiro atoms. The lowest BCUT2D eigenvalue weighted by Gasteiger charge is -2.23. The van der Waals surface area contributed by atoms with Crippen molar-refractivity contribution in [1.82, 2.24) is 15.0 Å². The monoisotopic (exact) mass is 527 g/mol. The first-order valence-corrected chi connectivity index (χ1v) is 13.8. The first kappa shape index (κ1) is 23.3. The lowest BCUT2D eigenvalue weighted by atomic mass is 10.0. The highest BCUT2D eigenvalue weighted by Gasteiger charge is 2.32. The van der Waals surface area contributed by atoms with Crippen molar-refractivity contribution in [3.8, 4) is 45.2 Å². The lowest BCUT2D eigenvalue weighted by molar-refractivity contribution is 0.907. The molecule has 2 aromatic heterocycles. The van der Waals surface area contributed by atoms with Gasteiger partial charge in [-0.3, -0.25) is 0 Å². The summed E-state index contributed by atoms with van der Waals surface area (Å²) in [5.74, 6) is 0.694.